The first-order chi connectivity index (χ1) is 2.91. The molecule has 0 aromatic carbocycles. The molecule has 0 aliphatic rings. The van der Waals surface area contributed by atoms with Gasteiger partial charge in [0.05, 0.1) is 0 Å². The van der Waals surface area contributed by atoms with Crippen LogP contribution in [0.2, 0.25) is 0 Å². The molecule has 0 N–H and O–H groups in total. The van der Waals surface area contributed by atoms with Crippen LogP contribution in [0.4, 0.5) is 0 Å². The van der Waals surface area contributed by atoms with Crippen LogP contribution >= 0.6 is 22.6 Å². The Morgan fingerprint density at radius 1 is 1.67 bits per heavy atom. The molecule has 0 aliphatic carbocycles. The Balaban J connectivity index is 2.66. The molecule has 0 spiro atoms. The monoisotopic (exact) mass is 196 g/mol. The Kier molecular flexibility index (Phi) is 5.90. The summed E-state index contributed by atoms with van der Waals surface area (Å²) >= 11 is 2.36. The first-order valence-corrected chi connectivity index (χ1v) is 3.61. The van der Waals surface area contributed by atoms with Gasteiger partial charge in [0, 0.05) is 4.43 Å². The summed E-state index contributed by atoms with van der Waals surface area (Å²) in [5.74, 6) is 0. The van der Waals surface area contributed by atoms with Crippen LogP contribution in [0.1, 0.15) is 13.3 Å². The first kappa shape index (κ1) is 6.47. The van der Waals surface area contributed by atoms with Crippen molar-refractivity contribution in [3.05, 3.63) is 12.2 Å². The van der Waals surface area contributed by atoms with Gasteiger partial charge < -0.3 is 0 Å². The maximum Gasteiger partial charge on any atom is 0.00299 e. The zero-order chi connectivity index (χ0) is 4.83. The van der Waals surface area contributed by atoms with Crippen LogP contribution in [0, 0.1) is 0 Å². The quantitative estimate of drug-likeness (QED) is 0.361. The zero-order valence-corrected chi connectivity index (χ0v) is 6.10. The SMILES string of the molecule is CC=CCCI. The zero-order valence-electron chi connectivity index (χ0n) is 3.95. The molecular weight excluding hydrogens is 187 g/mol. The van der Waals surface area contributed by atoms with E-state index in [0.717, 1.165) is 0 Å². The lowest BCUT2D eigenvalue weighted by atomic mass is 10.4. The summed E-state index contributed by atoms with van der Waals surface area (Å²) in [6.45, 7) is 2.05. The van der Waals surface area contributed by atoms with Crippen molar-refractivity contribution in [3.8, 4) is 0 Å². The van der Waals surface area contributed by atoms with Crippen LogP contribution in [-0.2, 0) is 0 Å². The summed E-state index contributed by atoms with van der Waals surface area (Å²) in [7, 11) is 0. The fourth-order valence-corrected chi connectivity index (χ4v) is 0.589. The fourth-order valence-electron chi connectivity index (χ4n) is 0.230. The standard InChI is InChI=1S/C5H9I/c1-2-3-4-5-6/h2-3H,4-5H2,1H3. The van der Waals surface area contributed by atoms with Gasteiger partial charge in [0.25, 0.3) is 0 Å². The average Bonchev–Trinajstić information content (AvgIpc) is 1.61. The molecule has 0 atom stereocenters. The molecule has 0 saturated carbocycles. The number of hydrogen-bond donors (Lipinski definition) is 0. The predicted octanol–water partition coefficient (Wildman–Crippen LogP) is 2.39. The maximum atomic E-state index is 2.36. The molecule has 0 saturated heterocycles. The molecule has 0 aliphatic heterocycles. The summed E-state index contributed by atoms with van der Waals surface area (Å²) in [6.07, 6.45) is 5.47. The van der Waals surface area contributed by atoms with Crippen molar-refractivity contribution in [1.29, 1.82) is 0 Å². The molecule has 0 heterocycles. The van der Waals surface area contributed by atoms with Crippen molar-refractivity contribution in [3.63, 3.8) is 0 Å². The molecule has 0 nitrogen and oxygen atoms in total. The van der Waals surface area contributed by atoms with Gasteiger partial charge in [-0.15, -0.1) is 0 Å². The summed E-state index contributed by atoms with van der Waals surface area (Å²) in [6, 6.07) is 0. The molecule has 0 radical (unpaired) electrons. The van der Waals surface area contributed by atoms with E-state index in [-0.39, 0.29) is 0 Å². The lowest BCUT2D eigenvalue weighted by molar-refractivity contribution is 1.27. The highest BCUT2D eigenvalue weighted by Crippen LogP contribution is 1.87. The van der Waals surface area contributed by atoms with Crippen LogP contribution < -0.4 is 0 Å². The van der Waals surface area contributed by atoms with Gasteiger partial charge in [0.1, 0.15) is 0 Å². The summed E-state index contributed by atoms with van der Waals surface area (Å²) < 4.78 is 1.24. The normalized spacial score (nSPS) is 10.3. The van der Waals surface area contributed by atoms with Gasteiger partial charge in [-0.25, -0.2) is 0 Å². The summed E-state index contributed by atoms with van der Waals surface area (Å²) in [4.78, 5) is 0. The third-order valence-electron chi connectivity index (χ3n) is 0.511. The van der Waals surface area contributed by atoms with Crippen molar-refractivity contribution >= 4 is 22.6 Å². The second-order valence-corrected chi connectivity index (χ2v) is 2.13. The minimum absolute atomic E-state index is 1.22. The van der Waals surface area contributed by atoms with E-state index in [0.29, 0.717) is 0 Å². The van der Waals surface area contributed by atoms with Gasteiger partial charge in [-0.05, 0) is 13.3 Å². The molecule has 0 aromatic heterocycles. The molecule has 0 bridgehead atoms. The molecule has 0 rings (SSSR count). The Hall–Kier alpha value is 0.470. The highest BCUT2D eigenvalue weighted by molar-refractivity contribution is 14.1. The van der Waals surface area contributed by atoms with Crippen LogP contribution in [-0.4, -0.2) is 4.43 Å². The highest BCUT2D eigenvalue weighted by atomic mass is 127. The molecule has 0 unspecified atom stereocenters. The smallest absolute Gasteiger partial charge is 0.00299 e. The van der Waals surface area contributed by atoms with Crippen molar-refractivity contribution in [2.75, 3.05) is 4.43 Å². The Bertz CT molecular complexity index is 39.2. The molecule has 0 fully saturated rings. The van der Waals surface area contributed by atoms with E-state index < -0.39 is 0 Å². The number of hydrogen-bond acceptors (Lipinski definition) is 0. The molecular formula is C5H9I. The predicted molar refractivity (Wildman–Crippen MR) is 38.3 cm³/mol. The van der Waals surface area contributed by atoms with Gasteiger partial charge in [-0.3, -0.25) is 0 Å². The Labute approximate surface area is 52.8 Å². The second-order valence-electron chi connectivity index (χ2n) is 1.05. The van der Waals surface area contributed by atoms with E-state index in [4.69, 9.17) is 0 Å². The van der Waals surface area contributed by atoms with Gasteiger partial charge in [-0.1, -0.05) is 34.7 Å². The van der Waals surface area contributed by atoms with Gasteiger partial charge in [0.15, 0.2) is 0 Å². The molecule has 36 valence electrons. The molecule has 1 heteroatoms. The van der Waals surface area contributed by atoms with Crippen molar-refractivity contribution in [1.82, 2.24) is 0 Å². The third-order valence-corrected chi connectivity index (χ3v) is 1.13. The van der Waals surface area contributed by atoms with Gasteiger partial charge >= 0.3 is 0 Å². The average molecular weight is 196 g/mol. The van der Waals surface area contributed by atoms with E-state index in [1.54, 1.807) is 0 Å². The van der Waals surface area contributed by atoms with Gasteiger partial charge in [0.2, 0.25) is 0 Å². The van der Waals surface area contributed by atoms with Crippen molar-refractivity contribution < 1.29 is 0 Å². The van der Waals surface area contributed by atoms with E-state index >= 15 is 0 Å². The minimum atomic E-state index is 1.22. The van der Waals surface area contributed by atoms with Crippen LogP contribution in [0.15, 0.2) is 12.2 Å². The second kappa shape index (κ2) is 5.47. The van der Waals surface area contributed by atoms with Crippen molar-refractivity contribution in [2.45, 2.75) is 13.3 Å². The highest BCUT2D eigenvalue weighted by Gasteiger charge is 1.66. The third kappa shape index (κ3) is 4.47. The molecule has 0 aromatic rings. The van der Waals surface area contributed by atoms with E-state index in [1.165, 1.54) is 10.8 Å². The minimum Gasteiger partial charge on any atom is -0.0916 e. The topological polar surface area (TPSA) is 0 Å². The Morgan fingerprint density at radius 2 is 2.33 bits per heavy atom. The van der Waals surface area contributed by atoms with E-state index in [2.05, 4.69) is 34.7 Å². The lowest BCUT2D eigenvalue weighted by Gasteiger charge is -1.74. The lowest BCUT2D eigenvalue weighted by Crippen LogP contribution is -1.60. The largest absolute Gasteiger partial charge is 0.0916 e. The van der Waals surface area contributed by atoms with Crippen LogP contribution in [0.3, 0.4) is 0 Å². The maximum absolute atomic E-state index is 2.36. The first-order valence-electron chi connectivity index (χ1n) is 2.09. The summed E-state index contributed by atoms with van der Waals surface area (Å²) in [5, 5.41) is 0. The van der Waals surface area contributed by atoms with E-state index in [1.807, 2.05) is 6.92 Å². The fraction of sp³-hybridized carbons (Fsp3) is 0.600. The summed E-state index contributed by atoms with van der Waals surface area (Å²) in [5.41, 5.74) is 0. The van der Waals surface area contributed by atoms with Crippen LogP contribution in [0.25, 0.3) is 0 Å². The molecule has 6 heavy (non-hydrogen) atoms. The van der Waals surface area contributed by atoms with Crippen molar-refractivity contribution in [2.24, 2.45) is 0 Å². The van der Waals surface area contributed by atoms with Gasteiger partial charge in [-0.2, -0.15) is 0 Å². The number of halogens is 1. The number of alkyl halides is 1. The van der Waals surface area contributed by atoms with Crippen LogP contribution in [0.5, 0.6) is 0 Å². The Morgan fingerprint density at radius 3 is 2.50 bits per heavy atom. The number of allylic oxidation sites excluding steroid dienone is 2. The van der Waals surface area contributed by atoms with E-state index in [9.17, 15) is 0 Å². The molecule has 0 amide bonds. The number of rotatable bonds is 2.